The number of benzene rings is 1. The van der Waals surface area contributed by atoms with Gasteiger partial charge in [0.1, 0.15) is 0 Å². The first-order valence-electron chi connectivity index (χ1n) is 10.2. The molecule has 0 unspecified atom stereocenters. The summed E-state index contributed by atoms with van der Waals surface area (Å²) in [6.07, 6.45) is -3.62. The van der Waals surface area contributed by atoms with Gasteiger partial charge in [-0.15, -0.1) is 10.2 Å². The molecule has 4 rings (SSSR count). The van der Waals surface area contributed by atoms with E-state index in [1.807, 2.05) is 34.1 Å². The number of amides is 2. The van der Waals surface area contributed by atoms with Crippen molar-refractivity contribution in [2.75, 3.05) is 50.8 Å². The van der Waals surface area contributed by atoms with Crippen molar-refractivity contribution in [1.82, 2.24) is 20.0 Å². The molecule has 2 aliphatic heterocycles. The van der Waals surface area contributed by atoms with Crippen LogP contribution in [-0.4, -0.2) is 83.9 Å². The molecule has 0 radical (unpaired) electrons. The van der Waals surface area contributed by atoms with Gasteiger partial charge in [0.05, 0.1) is 6.54 Å². The van der Waals surface area contributed by atoms with E-state index in [9.17, 15) is 22.8 Å². The van der Waals surface area contributed by atoms with Gasteiger partial charge in [0.2, 0.25) is 11.8 Å². The summed E-state index contributed by atoms with van der Waals surface area (Å²) in [5, 5.41) is 7.22. The SMILES string of the molecule is O=C(c1ccc(OCC(F)(F)F)nn1)N1CCN(CC(=O)N2CCc3ccccc32)CC1. The van der Waals surface area contributed by atoms with E-state index in [0.717, 1.165) is 12.1 Å². The van der Waals surface area contributed by atoms with Crippen LogP contribution in [0.2, 0.25) is 0 Å². The summed E-state index contributed by atoms with van der Waals surface area (Å²) in [5.74, 6) is -0.625. The summed E-state index contributed by atoms with van der Waals surface area (Å²) in [4.78, 5) is 30.8. The van der Waals surface area contributed by atoms with E-state index < -0.39 is 12.8 Å². The minimum atomic E-state index is -4.48. The average molecular weight is 449 g/mol. The highest BCUT2D eigenvalue weighted by molar-refractivity contribution is 5.96. The zero-order valence-corrected chi connectivity index (χ0v) is 17.2. The molecular formula is C21H22F3N5O3. The number of hydrogen-bond donors (Lipinski definition) is 0. The molecule has 2 amide bonds. The van der Waals surface area contributed by atoms with Gasteiger partial charge in [0.25, 0.3) is 5.91 Å². The van der Waals surface area contributed by atoms with Gasteiger partial charge in [0.15, 0.2) is 12.3 Å². The van der Waals surface area contributed by atoms with Gasteiger partial charge in [-0.25, -0.2) is 0 Å². The molecule has 0 bridgehead atoms. The number of carbonyl (C=O) groups is 2. The first kappa shape index (κ1) is 22.0. The number of halogens is 3. The van der Waals surface area contributed by atoms with Crippen molar-refractivity contribution in [1.29, 1.82) is 0 Å². The second-order valence-corrected chi connectivity index (χ2v) is 7.65. The standard InChI is InChI=1S/C21H22F3N5O3/c22-21(23,24)14-32-18-6-5-16(25-26-18)20(31)28-11-9-27(10-12-28)13-19(30)29-8-7-15-3-1-2-4-17(15)29/h1-6H,7-14H2. The number of rotatable bonds is 5. The Kier molecular flexibility index (Phi) is 6.26. The van der Waals surface area contributed by atoms with E-state index in [-0.39, 0.29) is 29.9 Å². The van der Waals surface area contributed by atoms with Crippen LogP contribution < -0.4 is 9.64 Å². The molecule has 1 aromatic carbocycles. The molecule has 0 spiro atoms. The van der Waals surface area contributed by atoms with Crippen LogP contribution in [0.25, 0.3) is 0 Å². The van der Waals surface area contributed by atoms with Crippen molar-refractivity contribution in [2.45, 2.75) is 12.6 Å². The maximum absolute atomic E-state index is 12.8. The van der Waals surface area contributed by atoms with Crippen molar-refractivity contribution in [3.8, 4) is 5.88 Å². The molecule has 2 aromatic rings. The van der Waals surface area contributed by atoms with Crippen LogP contribution in [0.4, 0.5) is 18.9 Å². The predicted octanol–water partition coefficient (Wildman–Crippen LogP) is 1.76. The number of para-hydroxylation sites is 1. The van der Waals surface area contributed by atoms with Crippen molar-refractivity contribution < 1.29 is 27.5 Å². The molecule has 0 N–H and O–H groups in total. The fourth-order valence-electron chi connectivity index (χ4n) is 3.81. The normalized spacial score (nSPS) is 16.7. The molecule has 170 valence electrons. The highest BCUT2D eigenvalue weighted by atomic mass is 19.4. The van der Waals surface area contributed by atoms with Gasteiger partial charge in [-0.05, 0) is 24.1 Å². The van der Waals surface area contributed by atoms with E-state index in [1.54, 1.807) is 4.90 Å². The van der Waals surface area contributed by atoms with Gasteiger partial charge in [-0.3, -0.25) is 14.5 Å². The predicted molar refractivity (Wildman–Crippen MR) is 108 cm³/mol. The van der Waals surface area contributed by atoms with Crippen molar-refractivity contribution in [3.63, 3.8) is 0 Å². The quantitative estimate of drug-likeness (QED) is 0.693. The molecule has 1 fully saturated rings. The van der Waals surface area contributed by atoms with E-state index in [4.69, 9.17) is 0 Å². The molecule has 11 heteroatoms. The highest BCUT2D eigenvalue weighted by Gasteiger charge is 2.30. The van der Waals surface area contributed by atoms with Crippen molar-refractivity contribution in [2.24, 2.45) is 0 Å². The molecule has 32 heavy (non-hydrogen) atoms. The molecule has 0 saturated carbocycles. The molecule has 1 saturated heterocycles. The van der Waals surface area contributed by atoms with Gasteiger partial charge < -0.3 is 14.5 Å². The zero-order chi connectivity index (χ0) is 22.7. The van der Waals surface area contributed by atoms with Gasteiger partial charge >= 0.3 is 6.18 Å². The monoisotopic (exact) mass is 449 g/mol. The first-order chi connectivity index (χ1) is 15.3. The van der Waals surface area contributed by atoms with Gasteiger partial charge in [-0.1, -0.05) is 18.2 Å². The number of fused-ring (bicyclic) bond motifs is 1. The van der Waals surface area contributed by atoms with Gasteiger partial charge in [-0.2, -0.15) is 13.2 Å². The molecular weight excluding hydrogens is 427 g/mol. The zero-order valence-electron chi connectivity index (χ0n) is 17.2. The summed E-state index contributed by atoms with van der Waals surface area (Å²) in [7, 11) is 0. The Morgan fingerprint density at radius 1 is 0.969 bits per heavy atom. The maximum Gasteiger partial charge on any atom is 0.422 e. The summed E-state index contributed by atoms with van der Waals surface area (Å²) in [6, 6.07) is 10.4. The smallest absolute Gasteiger partial charge is 0.422 e. The summed E-state index contributed by atoms with van der Waals surface area (Å²) in [5.41, 5.74) is 2.17. The maximum atomic E-state index is 12.8. The summed E-state index contributed by atoms with van der Waals surface area (Å²) in [6.45, 7) is 1.38. The molecule has 3 heterocycles. The fraction of sp³-hybridized carbons (Fsp3) is 0.429. The number of carbonyl (C=O) groups excluding carboxylic acids is 2. The number of piperazine rings is 1. The largest absolute Gasteiger partial charge is 0.467 e. The Balaban J connectivity index is 1.26. The lowest BCUT2D eigenvalue weighted by molar-refractivity contribution is -0.154. The second-order valence-electron chi connectivity index (χ2n) is 7.65. The Labute approximate surface area is 182 Å². The number of nitrogens with zero attached hydrogens (tertiary/aromatic N) is 5. The van der Waals surface area contributed by atoms with Crippen LogP contribution in [0.1, 0.15) is 16.1 Å². The van der Waals surface area contributed by atoms with Crippen LogP contribution in [0.15, 0.2) is 36.4 Å². The van der Waals surface area contributed by atoms with E-state index in [2.05, 4.69) is 14.9 Å². The van der Waals surface area contributed by atoms with Gasteiger partial charge in [0, 0.05) is 44.5 Å². The molecule has 8 nitrogen and oxygen atoms in total. The third kappa shape index (κ3) is 5.16. The number of alkyl halides is 3. The fourth-order valence-corrected chi connectivity index (χ4v) is 3.81. The third-order valence-corrected chi connectivity index (χ3v) is 5.45. The number of anilines is 1. The molecule has 2 aliphatic rings. The Morgan fingerprint density at radius 2 is 1.72 bits per heavy atom. The van der Waals surface area contributed by atoms with Crippen LogP contribution in [0.3, 0.4) is 0 Å². The summed E-state index contributed by atoms with van der Waals surface area (Å²) < 4.78 is 41.1. The second kappa shape index (κ2) is 9.11. The lowest BCUT2D eigenvalue weighted by atomic mass is 10.2. The minimum Gasteiger partial charge on any atom is -0.467 e. The van der Waals surface area contributed by atoms with Crippen LogP contribution >= 0.6 is 0 Å². The van der Waals surface area contributed by atoms with E-state index in [0.29, 0.717) is 32.7 Å². The topological polar surface area (TPSA) is 78.9 Å². The highest BCUT2D eigenvalue weighted by Crippen LogP contribution is 2.27. The Bertz CT molecular complexity index is 975. The lowest BCUT2D eigenvalue weighted by Crippen LogP contribution is -2.51. The first-order valence-corrected chi connectivity index (χ1v) is 10.2. The van der Waals surface area contributed by atoms with Crippen molar-refractivity contribution in [3.05, 3.63) is 47.7 Å². The van der Waals surface area contributed by atoms with E-state index in [1.165, 1.54) is 17.7 Å². The Morgan fingerprint density at radius 3 is 2.41 bits per heavy atom. The number of ether oxygens (including phenoxy) is 1. The van der Waals surface area contributed by atoms with E-state index >= 15 is 0 Å². The van der Waals surface area contributed by atoms with Crippen LogP contribution in [0, 0.1) is 0 Å². The number of aromatic nitrogens is 2. The van der Waals surface area contributed by atoms with Crippen molar-refractivity contribution >= 4 is 17.5 Å². The van der Waals surface area contributed by atoms with Crippen LogP contribution in [0.5, 0.6) is 5.88 Å². The number of hydrogen-bond acceptors (Lipinski definition) is 6. The molecule has 0 aliphatic carbocycles. The van der Waals surface area contributed by atoms with Crippen LogP contribution in [-0.2, 0) is 11.2 Å². The average Bonchev–Trinajstić information content (AvgIpc) is 3.22. The summed E-state index contributed by atoms with van der Waals surface area (Å²) >= 11 is 0. The molecule has 1 aromatic heterocycles. The minimum absolute atomic E-state index is 0.0301. The molecule has 0 atom stereocenters. The lowest BCUT2D eigenvalue weighted by Gasteiger charge is -2.34. The third-order valence-electron chi connectivity index (χ3n) is 5.45. The Hall–Kier alpha value is -3.21.